The van der Waals surface area contributed by atoms with Crippen LogP contribution in [0.25, 0.3) is 16.6 Å². The molecule has 0 N–H and O–H groups in total. The number of imidazole rings is 1. The summed E-state index contributed by atoms with van der Waals surface area (Å²) >= 11 is 6.42. The standard InChI is InChI=1S/C25H23ClN4O4/c1-33-24(32)25(8-9-25)23-22(31)17-4-2-3-5-19(17)30(28-23)12-16-11-29-13-20(34-14-15-6-7-15)18(26)10-21(29)27-16/h2-5,10-11,13,15H,6-9,12,14H2,1H3. The largest absolute Gasteiger partial charge is 0.490 e. The van der Waals surface area contributed by atoms with Gasteiger partial charge in [-0.15, -0.1) is 0 Å². The lowest BCUT2D eigenvalue weighted by molar-refractivity contribution is -0.143. The van der Waals surface area contributed by atoms with E-state index in [-0.39, 0.29) is 11.1 Å². The Hall–Kier alpha value is -3.39. The Bertz CT molecular complexity index is 1500. The highest BCUT2D eigenvalue weighted by Gasteiger charge is 2.56. The molecular formula is C25H23ClN4O4. The van der Waals surface area contributed by atoms with Gasteiger partial charge < -0.3 is 13.9 Å². The lowest BCUT2D eigenvalue weighted by Gasteiger charge is -2.15. The zero-order valence-corrected chi connectivity index (χ0v) is 19.4. The summed E-state index contributed by atoms with van der Waals surface area (Å²) in [5.74, 6) is 0.840. The molecule has 34 heavy (non-hydrogen) atoms. The summed E-state index contributed by atoms with van der Waals surface area (Å²) in [5.41, 5.74) is 1.16. The monoisotopic (exact) mass is 478 g/mol. The van der Waals surface area contributed by atoms with Crippen molar-refractivity contribution in [3.8, 4) is 5.75 Å². The van der Waals surface area contributed by atoms with Gasteiger partial charge in [0.15, 0.2) is 5.75 Å². The van der Waals surface area contributed by atoms with E-state index < -0.39 is 11.4 Å². The number of rotatable bonds is 7. The van der Waals surface area contributed by atoms with Gasteiger partial charge in [-0.25, -0.2) is 4.98 Å². The van der Waals surface area contributed by atoms with E-state index in [4.69, 9.17) is 26.1 Å². The second-order valence-corrected chi connectivity index (χ2v) is 9.57. The SMILES string of the molecule is COC(=O)C1(c2nn(Cc3cn4cc(OCC5CC5)c(Cl)cc4n3)c3ccccc3c2=O)CC1. The highest BCUT2D eigenvalue weighted by Crippen LogP contribution is 2.47. The number of benzene rings is 1. The number of nitrogens with zero attached hydrogens (tertiary/aromatic N) is 4. The first-order valence-corrected chi connectivity index (χ1v) is 11.7. The van der Waals surface area contributed by atoms with Crippen LogP contribution in [0.1, 0.15) is 37.1 Å². The number of hydrogen-bond acceptors (Lipinski definition) is 6. The second kappa shape index (κ2) is 7.84. The van der Waals surface area contributed by atoms with Gasteiger partial charge >= 0.3 is 5.97 Å². The van der Waals surface area contributed by atoms with Crippen LogP contribution in [0.4, 0.5) is 0 Å². The van der Waals surface area contributed by atoms with Crippen molar-refractivity contribution in [1.29, 1.82) is 0 Å². The van der Waals surface area contributed by atoms with Gasteiger partial charge in [0.2, 0.25) is 5.43 Å². The minimum absolute atomic E-state index is 0.228. The first-order valence-electron chi connectivity index (χ1n) is 11.4. The number of methoxy groups -OCH3 is 1. The van der Waals surface area contributed by atoms with E-state index in [0.717, 1.165) is 5.69 Å². The lowest BCUT2D eigenvalue weighted by atomic mass is 10.0. The van der Waals surface area contributed by atoms with Gasteiger partial charge in [-0.2, -0.15) is 5.10 Å². The molecule has 3 aromatic heterocycles. The van der Waals surface area contributed by atoms with Gasteiger partial charge in [0, 0.05) is 17.6 Å². The zero-order valence-electron chi connectivity index (χ0n) is 18.7. The Kier molecular flexibility index (Phi) is 4.88. The van der Waals surface area contributed by atoms with E-state index in [9.17, 15) is 9.59 Å². The summed E-state index contributed by atoms with van der Waals surface area (Å²) < 4.78 is 14.5. The maximum atomic E-state index is 13.2. The fraction of sp³-hybridized carbons (Fsp3) is 0.360. The molecule has 0 saturated heterocycles. The molecule has 2 fully saturated rings. The van der Waals surface area contributed by atoms with Gasteiger partial charge in [0.05, 0.1) is 42.7 Å². The number of carbonyl (C=O) groups excluding carboxylic acids is 1. The molecule has 2 saturated carbocycles. The molecule has 0 radical (unpaired) electrons. The molecule has 9 heteroatoms. The summed E-state index contributed by atoms with van der Waals surface area (Å²) in [5, 5.41) is 5.70. The third-order valence-electron chi connectivity index (χ3n) is 6.68. The average molecular weight is 479 g/mol. The lowest BCUT2D eigenvalue weighted by Crippen LogP contribution is -2.32. The molecular weight excluding hydrogens is 456 g/mol. The van der Waals surface area contributed by atoms with Crippen LogP contribution in [0, 0.1) is 5.92 Å². The predicted molar refractivity (Wildman–Crippen MR) is 126 cm³/mol. The molecule has 174 valence electrons. The number of pyridine rings is 1. The van der Waals surface area contributed by atoms with Crippen molar-refractivity contribution in [3.05, 3.63) is 69.4 Å². The van der Waals surface area contributed by atoms with Crippen LogP contribution in [-0.4, -0.2) is 38.9 Å². The molecule has 6 rings (SSSR count). The smallest absolute Gasteiger partial charge is 0.318 e. The van der Waals surface area contributed by atoms with E-state index >= 15 is 0 Å². The van der Waals surface area contributed by atoms with Gasteiger partial charge in [0.25, 0.3) is 0 Å². The van der Waals surface area contributed by atoms with Crippen molar-refractivity contribution in [2.24, 2.45) is 5.92 Å². The Morgan fingerprint density at radius 1 is 1.24 bits per heavy atom. The van der Waals surface area contributed by atoms with E-state index in [2.05, 4.69) is 5.10 Å². The Morgan fingerprint density at radius 2 is 2.03 bits per heavy atom. The third-order valence-corrected chi connectivity index (χ3v) is 6.98. The Morgan fingerprint density at radius 3 is 2.76 bits per heavy atom. The molecule has 0 bridgehead atoms. The van der Waals surface area contributed by atoms with E-state index in [0.29, 0.717) is 59.2 Å². The number of halogens is 1. The summed E-state index contributed by atoms with van der Waals surface area (Å²) in [7, 11) is 1.34. The Labute approximate surface area is 200 Å². The Balaban J connectivity index is 1.40. The van der Waals surface area contributed by atoms with Gasteiger partial charge in [-0.05, 0) is 43.7 Å². The van der Waals surface area contributed by atoms with Crippen molar-refractivity contribution >= 4 is 34.1 Å². The number of aromatic nitrogens is 4. The first-order chi connectivity index (χ1) is 16.5. The number of para-hydroxylation sites is 1. The van der Waals surface area contributed by atoms with E-state index in [1.807, 2.05) is 35.0 Å². The normalized spacial score (nSPS) is 16.6. The van der Waals surface area contributed by atoms with Crippen LogP contribution >= 0.6 is 11.6 Å². The van der Waals surface area contributed by atoms with Gasteiger partial charge in [-0.3, -0.25) is 14.3 Å². The summed E-state index contributed by atoms with van der Waals surface area (Å²) in [6.07, 6.45) is 7.25. The van der Waals surface area contributed by atoms with E-state index in [1.165, 1.54) is 20.0 Å². The molecule has 4 aromatic rings. The van der Waals surface area contributed by atoms with Gasteiger partial charge in [-0.1, -0.05) is 23.7 Å². The van der Waals surface area contributed by atoms with Crippen LogP contribution in [-0.2, 0) is 21.5 Å². The molecule has 0 spiro atoms. The molecule has 1 aromatic carbocycles. The van der Waals surface area contributed by atoms with Crippen molar-refractivity contribution in [2.75, 3.05) is 13.7 Å². The van der Waals surface area contributed by atoms with Crippen LogP contribution < -0.4 is 10.2 Å². The number of ether oxygens (including phenoxy) is 2. The molecule has 2 aliphatic rings. The van der Waals surface area contributed by atoms with Gasteiger partial charge in [0.1, 0.15) is 16.8 Å². The molecule has 0 amide bonds. The maximum absolute atomic E-state index is 13.2. The van der Waals surface area contributed by atoms with Crippen molar-refractivity contribution in [1.82, 2.24) is 19.2 Å². The number of hydrogen-bond donors (Lipinski definition) is 0. The fourth-order valence-electron chi connectivity index (χ4n) is 4.40. The van der Waals surface area contributed by atoms with Crippen LogP contribution in [0.5, 0.6) is 5.75 Å². The maximum Gasteiger partial charge on any atom is 0.318 e. The second-order valence-electron chi connectivity index (χ2n) is 9.16. The summed E-state index contributed by atoms with van der Waals surface area (Å²) in [4.78, 5) is 30.4. The number of esters is 1. The average Bonchev–Trinajstić information content (AvgIpc) is 3.77. The molecule has 0 unspecified atom stereocenters. The van der Waals surface area contributed by atoms with Crippen LogP contribution in [0.3, 0.4) is 0 Å². The van der Waals surface area contributed by atoms with Crippen LogP contribution in [0.2, 0.25) is 5.02 Å². The predicted octanol–water partition coefficient (Wildman–Crippen LogP) is 3.74. The minimum atomic E-state index is -0.960. The summed E-state index contributed by atoms with van der Waals surface area (Å²) in [6.45, 7) is 0.993. The molecule has 3 heterocycles. The highest BCUT2D eigenvalue weighted by molar-refractivity contribution is 6.32. The molecule has 0 aliphatic heterocycles. The number of carbonyl (C=O) groups is 1. The van der Waals surface area contributed by atoms with Crippen molar-refractivity contribution < 1.29 is 14.3 Å². The fourth-order valence-corrected chi connectivity index (χ4v) is 4.60. The van der Waals surface area contributed by atoms with Crippen LogP contribution in [0.15, 0.2) is 47.5 Å². The third kappa shape index (κ3) is 3.53. The summed E-state index contributed by atoms with van der Waals surface area (Å²) in [6, 6.07) is 9.07. The quantitative estimate of drug-likeness (QED) is 0.376. The zero-order chi connectivity index (χ0) is 23.4. The van der Waals surface area contributed by atoms with E-state index in [1.54, 1.807) is 16.8 Å². The first kappa shape index (κ1) is 21.2. The number of fused-ring (bicyclic) bond motifs is 2. The van der Waals surface area contributed by atoms with Crippen molar-refractivity contribution in [2.45, 2.75) is 37.6 Å². The van der Waals surface area contributed by atoms with Crippen molar-refractivity contribution in [3.63, 3.8) is 0 Å². The minimum Gasteiger partial charge on any atom is -0.490 e. The molecule has 0 atom stereocenters. The highest BCUT2D eigenvalue weighted by atomic mass is 35.5. The molecule has 8 nitrogen and oxygen atoms in total. The molecule has 2 aliphatic carbocycles. The topological polar surface area (TPSA) is 87.7 Å².